The third-order valence-electron chi connectivity index (χ3n) is 10.8. The number of allylic oxidation sites excluding steroid dienone is 1. The second-order valence-electron chi connectivity index (χ2n) is 16.2. The highest BCUT2D eigenvalue weighted by atomic mass is 32.1. The second-order valence-corrected chi connectivity index (χ2v) is 17.1. The summed E-state index contributed by atoms with van der Waals surface area (Å²) in [5.41, 5.74) is 6.92. The van der Waals surface area contributed by atoms with Crippen LogP contribution in [0, 0.1) is 17.2 Å². The molecule has 1 aromatic carbocycles. The van der Waals surface area contributed by atoms with E-state index >= 15 is 0 Å². The summed E-state index contributed by atoms with van der Waals surface area (Å²) in [4.78, 5) is 60.6. The van der Waals surface area contributed by atoms with E-state index in [2.05, 4.69) is 22.9 Å². The SMILES string of the molecule is CCCCCCN(C(=O)[C@@H](NC(=O)[C@H]1CCCCN1)[C@@H](C)CC)C(C[C@@H](OCC)c1nc(C(=O)N[C@@H](Cc2ccc(N)c(F)c2)CC(C)(C)C(=O)O)cs1)=C(C)C. The van der Waals surface area contributed by atoms with Crippen molar-refractivity contribution in [3.8, 4) is 0 Å². The number of piperidine rings is 1. The number of thiazole rings is 1. The fraction of sp³-hybridized carbons (Fsp3) is 0.651. The number of nitrogens with one attached hydrogen (secondary N) is 3. The Bertz CT molecular complexity index is 1670. The molecule has 1 aromatic heterocycles. The minimum Gasteiger partial charge on any atom is -0.481 e. The average molecular weight is 815 g/mol. The fourth-order valence-corrected chi connectivity index (χ4v) is 7.94. The third-order valence-corrected chi connectivity index (χ3v) is 11.7. The van der Waals surface area contributed by atoms with Crippen LogP contribution in [0.25, 0.3) is 0 Å². The van der Waals surface area contributed by atoms with Crippen molar-refractivity contribution in [2.24, 2.45) is 11.3 Å². The number of hydrogen-bond acceptors (Lipinski definition) is 9. The van der Waals surface area contributed by atoms with E-state index in [1.165, 1.54) is 23.5 Å². The molecule has 318 valence electrons. The molecule has 0 saturated carbocycles. The first kappa shape index (κ1) is 47.5. The molecule has 12 nitrogen and oxygen atoms in total. The molecule has 2 aromatic rings. The maximum atomic E-state index is 14.7. The van der Waals surface area contributed by atoms with Crippen LogP contribution < -0.4 is 21.7 Å². The smallest absolute Gasteiger partial charge is 0.309 e. The van der Waals surface area contributed by atoms with Gasteiger partial charge in [-0.2, -0.15) is 0 Å². The molecule has 0 bridgehead atoms. The van der Waals surface area contributed by atoms with Crippen LogP contribution in [0.3, 0.4) is 0 Å². The molecule has 1 aliphatic rings. The van der Waals surface area contributed by atoms with E-state index in [4.69, 9.17) is 15.5 Å². The summed E-state index contributed by atoms with van der Waals surface area (Å²) in [6, 6.07) is 2.71. The van der Waals surface area contributed by atoms with Crippen LogP contribution in [0.15, 0.2) is 34.8 Å². The Morgan fingerprint density at radius 2 is 1.86 bits per heavy atom. The molecule has 3 amide bonds. The van der Waals surface area contributed by atoms with Crippen molar-refractivity contribution in [3.05, 3.63) is 56.9 Å². The number of rotatable bonds is 23. The van der Waals surface area contributed by atoms with Gasteiger partial charge < -0.3 is 36.4 Å². The van der Waals surface area contributed by atoms with Crippen LogP contribution in [0.4, 0.5) is 10.1 Å². The van der Waals surface area contributed by atoms with E-state index in [0.717, 1.165) is 62.8 Å². The van der Waals surface area contributed by atoms with Crippen LogP contribution in [-0.2, 0) is 25.5 Å². The Kier molecular flexibility index (Phi) is 19.1. The molecule has 57 heavy (non-hydrogen) atoms. The zero-order valence-electron chi connectivity index (χ0n) is 35.3. The lowest BCUT2D eigenvalue weighted by molar-refractivity contribution is -0.147. The number of nitrogens with two attached hydrogens (primary N) is 1. The molecule has 0 aliphatic carbocycles. The number of halogens is 1. The molecule has 3 rings (SSSR count). The first-order valence-electron chi connectivity index (χ1n) is 20.7. The molecule has 1 fully saturated rings. The summed E-state index contributed by atoms with van der Waals surface area (Å²) in [6.45, 7) is 16.8. The van der Waals surface area contributed by atoms with Gasteiger partial charge in [-0.3, -0.25) is 19.2 Å². The zero-order valence-corrected chi connectivity index (χ0v) is 36.2. The number of unbranched alkanes of at least 4 members (excludes halogenated alkanes) is 3. The predicted molar refractivity (Wildman–Crippen MR) is 224 cm³/mol. The van der Waals surface area contributed by atoms with Gasteiger partial charge in [0.2, 0.25) is 11.8 Å². The van der Waals surface area contributed by atoms with E-state index < -0.39 is 41.3 Å². The molecule has 2 heterocycles. The lowest BCUT2D eigenvalue weighted by atomic mass is 9.84. The van der Waals surface area contributed by atoms with Crippen molar-refractivity contribution in [2.75, 3.05) is 25.4 Å². The maximum absolute atomic E-state index is 14.7. The summed E-state index contributed by atoms with van der Waals surface area (Å²) in [5.74, 6) is -2.50. The normalized spacial score (nSPS) is 16.5. The van der Waals surface area contributed by atoms with Gasteiger partial charge in [-0.25, -0.2) is 9.37 Å². The molecule has 1 aliphatic heterocycles. The largest absolute Gasteiger partial charge is 0.481 e. The van der Waals surface area contributed by atoms with Gasteiger partial charge in [-0.1, -0.05) is 64.5 Å². The van der Waals surface area contributed by atoms with Crippen molar-refractivity contribution in [3.63, 3.8) is 0 Å². The summed E-state index contributed by atoms with van der Waals surface area (Å²) >= 11 is 1.27. The number of amides is 3. The third kappa shape index (κ3) is 14.2. The summed E-state index contributed by atoms with van der Waals surface area (Å²) in [7, 11) is 0. The van der Waals surface area contributed by atoms with Crippen molar-refractivity contribution < 1.29 is 33.4 Å². The number of carbonyl (C=O) groups excluding carboxylic acids is 3. The molecule has 5 atom stereocenters. The van der Waals surface area contributed by atoms with Gasteiger partial charge >= 0.3 is 5.97 Å². The van der Waals surface area contributed by atoms with Gasteiger partial charge in [0.15, 0.2) is 0 Å². The molecule has 1 saturated heterocycles. The van der Waals surface area contributed by atoms with Gasteiger partial charge in [-0.15, -0.1) is 11.3 Å². The van der Waals surface area contributed by atoms with Crippen molar-refractivity contribution in [1.82, 2.24) is 25.8 Å². The Morgan fingerprint density at radius 1 is 1.12 bits per heavy atom. The van der Waals surface area contributed by atoms with E-state index in [0.29, 0.717) is 36.6 Å². The van der Waals surface area contributed by atoms with Crippen LogP contribution >= 0.6 is 11.3 Å². The number of ether oxygens (including phenoxy) is 1. The molecule has 6 N–H and O–H groups in total. The second kappa shape index (κ2) is 22.9. The summed E-state index contributed by atoms with van der Waals surface area (Å²) in [6.07, 6.45) is 7.28. The number of aliphatic carboxylic acids is 1. The maximum Gasteiger partial charge on any atom is 0.309 e. The topological polar surface area (TPSA) is 176 Å². The first-order valence-corrected chi connectivity index (χ1v) is 21.6. The van der Waals surface area contributed by atoms with Gasteiger partial charge in [0, 0.05) is 36.7 Å². The number of carbonyl (C=O) groups is 4. The average Bonchev–Trinajstić information content (AvgIpc) is 3.67. The van der Waals surface area contributed by atoms with E-state index in [1.807, 2.05) is 39.5 Å². The quantitative estimate of drug-likeness (QED) is 0.0560. The molecular formula is C43H67FN6O6S. The predicted octanol–water partition coefficient (Wildman–Crippen LogP) is 7.55. The van der Waals surface area contributed by atoms with E-state index in [-0.39, 0.29) is 48.0 Å². The fourth-order valence-electron chi connectivity index (χ4n) is 7.09. The number of carboxylic acids is 1. The standard InChI is InChI=1S/C43H67FN6O6S/c1-9-12-13-16-21-50(41(53)37(28(6)10-2)49-38(51)33-17-14-15-20-46-33)35(27(4)5)24-36(56-11-3)40-48-34(26-57-40)39(52)47-30(25-43(7,8)42(54)55)22-29-18-19-32(45)31(44)23-29/h18-19,23,26,28,30,33,36-37,46H,9-17,20-22,24-25,45H2,1-8H3,(H,47,52)(H,49,51)(H,54,55)/t28-,30-,33+,36+,37-/m0/s1. The minimum absolute atomic E-state index is 0.00128. The first-order chi connectivity index (χ1) is 27.0. The Morgan fingerprint density at radius 3 is 2.46 bits per heavy atom. The lowest BCUT2D eigenvalue weighted by Gasteiger charge is -2.35. The van der Waals surface area contributed by atoms with Gasteiger partial charge in [0.1, 0.15) is 28.7 Å². The number of aromatic nitrogens is 1. The van der Waals surface area contributed by atoms with Gasteiger partial charge in [0.05, 0.1) is 17.1 Å². The number of hydrogen-bond donors (Lipinski definition) is 5. The van der Waals surface area contributed by atoms with Gasteiger partial charge in [-0.05, 0) is 96.9 Å². The Balaban J connectivity index is 1.92. The number of nitrogens with zero attached hydrogens (tertiary/aromatic N) is 2. The van der Waals surface area contributed by atoms with Crippen LogP contribution in [0.5, 0.6) is 0 Å². The van der Waals surface area contributed by atoms with Crippen LogP contribution in [0.1, 0.15) is 147 Å². The number of carboxylic acid groups (broad SMARTS) is 1. The zero-order chi connectivity index (χ0) is 42.3. The van der Waals surface area contributed by atoms with Gasteiger partial charge in [0.25, 0.3) is 5.91 Å². The highest BCUT2D eigenvalue weighted by Crippen LogP contribution is 2.33. The highest BCUT2D eigenvalue weighted by Gasteiger charge is 2.36. The van der Waals surface area contributed by atoms with E-state index in [9.17, 15) is 28.7 Å². The molecular weight excluding hydrogens is 748 g/mol. The van der Waals surface area contributed by atoms with Crippen molar-refractivity contribution in [2.45, 2.75) is 150 Å². The van der Waals surface area contributed by atoms with E-state index in [1.54, 1.807) is 25.3 Å². The number of nitrogen functional groups attached to an aromatic ring is 1. The summed E-state index contributed by atoms with van der Waals surface area (Å²) < 4.78 is 20.6. The molecule has 14 heteroatoms. The lowest BCUT2D eigenvalue weighted by Crippen LogP contribution is -2.56. The van der Waals surface area contributed by atoms with Crippen LogP contribution in [-0.4, -0.2) is 76.5 Å². The van der Waals surface area contributed by atoms with Crippen molar-refractivity contribution >= 4 is 40.7 Å². The van der Waals surface area contributed by atoms with Crippen molar-refractivity contribution in [1.29, 1.82) is 0 Å². The Labute approximate surface area is 343 Å². The monoisotopic (exact) mass is 814 g/mol. The number of benzene rings is 1. The molecule has 0 spiro atoms. The highest BCUT2D eigenvalue weighted by molar-refractivity contribution is 7.09. The summed E-state index contributed by atoms with van der Waals surface area (Å²) in [5, 5.41) is 21.4. The molecule has 0 radical (unpaired) electrons. The molecule has 0 unspecified atom stereocenters. The minimum atomic E-state index is -1.18. The van der Waals surface area contributed by atoms with Crippen LogP contribution in [0.2, 0.25) is 0 Å². The Hall–Kier alpha value is -3.88. The number of anilines is 1.